The zero-order valence-electron chi connectivity index (χ0n) is 12.4. The topological polar surface area (TPSA) is 47.0 Å². The lowest BCUT2D eigenvalue weighted by Crippen LogP contribution is -2.15. The van der Waals surface area contributed by atoms with Gasteiger partial charge in [0.25, 0.3) is 0 Å². The Labute approximate surface area is 110 Å². The summed E-state index contributed by atoms with van der Waals surface area (Å²) >= 11 is 0. The molecule has 4 heteroatoms. The molecule has 0 aliphatic carbocycles. The van der Waals surface area contributed by atoms with Gasteiger partial charge < -0.3 is 10.1 Å². The molecule has 0 amide bonds. The van der Waals surface area contributed by atoms with Gasteiger partial charge in [-0.2, -0.15) is 4.98 Å². The number of nitrogens with one attached hydrogen (secondary N) is 1. The Morgan fingerprint density at radius 1 is 1.17 bits per heavy atom. The molecule has 0 bridgehead atoms. The van der Waals surface area contributed by atoms with Gasteiger partial charge in [-0.05, 0) is 27.2 Å². The van der Waals surface area contributed by atoms with Gasteiger partial charge in [-0.1, -0.05) is 20.8 Å². The van der Waals surface area contributed by atoms with Gasteiger partial charge >= 0.3 is 0 Å². The zero-order valence-corrected chi connectivity index (χ0v) is 12.4. The fourth-order valence-corrected chi connectivity index (χ4v) is 1.50. The van der Waals surface area contributed by atoms with Crippen LogP contribution in [0.3, 0.4) is 0 Å². The first-order valence-electron chi connectivity index (χ1n) is 6.78. The van der Waals surface area contributed by atoms with Crippen LogP contribution in [-0.4, -0.2) is 22.6 Å². The van der Waals surface area contributed by atoms with Crippen molar-refractivity contribution in [2.24, 2.45) is 0 Å². The fourth-order valence-electron chi connectivity index (χ4n) is 1.50. The van der Waals surface area contributed by atoms with E-state index in [1.807, 2.05) is 6.92 Å². The molecule has 18 heavy (non-hydrogen) atoms. The van der Waals surface area contributed by atoms with Crippen LogP contribution in [0.5, 0.6) is 5.88 Å². The molecule has 0 fully saturated rings. The fraction of sp³-hybridized carbons (Fsp3) is 0.714. The lowest BCUT2D eigenvalue weighted by atomic mass is 10.2. The summed E-state index contributed by atoms with van der Waals surface area (Å²) in [5.41, 5.74) is 0.988. The van der Waals surface area contributed by atoms with Gasteiger partial charge in [0.05, 0.1) is 11.7 Å². The Kier molecular flexibility index (Phi) is 5.38. The molecule has 1 heterocycles. The largest absolute Gasteiger partial charge is 0.474 e. The van der Waals surface area contributed by atoms with Crippen molar-refractivity contribution >= 4 is 5.82 Å². The Morgan fingerprint density at radius 3 is 2.33 bits per heavy atom. The number of hydrogen-bond donors (Lipinski definition) is 1. The second-order valence-corrected chi connectivity index (χ2v) is 4.88. The molecule has 102 valence electrons. The highest BCUT2D eigenvalue weighted by atomic mass is 16.5. The van der Waals surface area contributed by atoms with Crippen molar-refractivity contribution in [1.82, 2.24) is 9.97 Å². The maximum absolute atomic E-state index is 5.88. The molecule has 0 aliphatic rings. The Morgan fingerprint density at radius 2 is 1.83 bits per heavy atom. The molecule has 0 aromatic carbocycles. The monoisotopic (exact) mass is 251 g/mol. The molecule has 0 spiro atoms. The molecule has 0 saturated carbocycles. The van der Waals surface area contributed by atoms with E-state index in [-0.39, 0.29) is 6.10 Å². The second-order valence-electron chi connectivity index (χ2n) is 4.88. The van der Waals surface area contributed by atoms with Gasteiger partial charge in [0, 0.05) is 12.5 Å². The first kappa shape index (κ1) is 14.7. The highest BCUT2D eigenvalue weighted by Gasteiger charge is 2.15. The third kappa shape index (κ3) is 3.59. The normalized spacial score (nSPS) is 12.6. The van der Waals surface area contributed by atoms with Crippen LogP contribution in [0, 0.1) is 6.92 Å². The Balaban J connectivity index is 3.13. The summed E-state index contributed by atoms with van der Waals surface area (Å²) in [5, 5.41) is 3.27. The highest BCUT2D eigenvalue weighted by molar-refractivity contribution is 5.48. The molecular weight excluding hydrogens is 226 g/mol. The standard InChI is InChI=1S/C14H25N3O/c1-7-10(5)18-14-11(6)13(15-8-2)16-12(17-14)9(3)4/h9-10H,7-8H2,1-6H3,(H,15,16,17). The number of nitrogens with zero attached hydrogens (tertiary/aromatic N) is 2. The zero-order chi connectivity index (χ0) is 13.7. The van der Waals surface area contributed by atoms with Crippen LogP contribution in [0.25, 0.3) is 0 Å². The van der Waals surface area contributed by atoms with E-state index in [9.17, 15) is 0 Å². The molecule has 4 nitrogen and oxygen atoms in total. The molecule has 0 saturated heterocycles. The third-order valence-corrected chi connectivity index (χ3v) is 2.87. The van der Waals surface area contributed by atoms with Crippen molar-refractivity contribution in [2.45, 2.75) is 60.0 Å². The van der Waals surface area contributed by atoms with Crippen molar-refractivity contribution in [3.05, 3.63) is 11.4 Å². The smallest absolute Gasteiger partial charge is 0.222 e. The van der Waals surface area contributed by atoms with E-state index in [2.05, 4.69) is 49.9 Å². The van der Waals surface area contributed by atoms with Crippen LogP contribution in [-0.2, 0) is 0 Å². The number of aromatic nitrogens is 2. The van der Waals surface area contributed by atoms with Crippen LogP contribution in [0.2, 0.25) is 0 Å². The van der Waals surface area contributed by atoms with E-state index in [1.54, 1.807) is 0 Å². The van der Waals surface area contributed by atoms with Gasteiger partial charge in [-0.25, -0.2) is 4.98 Å². The highest BCUT2D eigenvalue weighted by Crippen LogP contribution is 2.25. The third-order valence-electron chi connectivity index (χ3n) is 2.87. The van der Waals surface area contributed by atoms with Crippen LogP contribution in [0.1, 0.15) is 58.3 Å². The molecular formula is C14H25N3O. The maximum atomic E-state index is 5.88. The van der Waals surface area contributed by atoms with Crippen LogP contribution in [0.15, 0.2) is 0 Å². The average molecular weight is 251 g/mol. The first-order chi connectivity index (χ1) is 8.49. The number of rotatable bonds is 6. The van der Waals surface area contributed by atoms with Gasteiger partial charge in [0.2, 0.25) is 5.88 Å². The molecule has 1 rings (SSSR count). The van der Waals surface area contributed by atoms with E-state index in [0.29, 0.717) is 11.8 Å². The molecule has 1 atom stereocenters. The van der Waals surface area contributed by atoms with Crippen molar-refractivity contribution in [3.8, 4) is 5.88 Å². The summed E-state index contributed by atoms with van der Waals surface area (Å²) in [6, 6.07) is 0. The van der Waals surface area contributed by atoms with Crippen molar-refractivity contribution in [1.29, 1.82) is 0 Å². The molecule has 0 radical (unpaired) electrons. The number of ether oxygens (including phenoxy) is 1. The molecule has 1 unspecified atom stereocenters. The van der Waals surface area contributed by atoms with Crippen LogP contribution >= 0.6 is 0 Å². The summed E-state index contributed by atoms with van der Waals surface area (Å²) in [7, 11) is 0. The molecule has 1 N–H and O–H groups in total. The van der Waals surface area contributed by atoms with Gasteiger partial charge in [0.1, 0.15) is 11.6 Å². The Bertz CT molecular complexity index is 391. The minimum Gasteiger partial charge on any atom is -0.474 e. The van der Waals surface area contributed by atoms with Gasteiger partial charge in [-0.15, -0.1) is 0 Å². The summed E-state index contributed by atoms with van der Waals surface area (Å²) in [6.45, 7) is 13.3. The summed E-state index contributed by atoms with van der Waals surface area (Å²) in [5.74, 6) is 2.71. The van der Waals surface area contributed by atoms with E-state index in [0.717, 1.165) is 30.2 Å². The van der Waals surface area contributed by atoms with E-state index in [1.165, 1.54) is 0 Å². The quantitative estimate of drug-likeness (QED) is 0.840. The van der Waals surface area contributed by atoms with Crippen molar-refractivity contribution in [3.63, 3.8) is 0 Å². The molecule has 1 aromatic heterocycles. The summed E-state index contributed by atoms with van der Waals surface area (Å²) in [4.78, 5) is 9.08. The minimum absolute atomic E-state index is 0.174. The average Bonchev–Trinajstić information content (AvgIpc) is 2.33. The number of hydrogen-bond acceptors (Lipinski definition) is 4. The van der Waals surface area contributed by atoms with Gasteiger partial charge in [0.15, 0.2) is 0 Å². The lowest BCUT2D eigenvalue weighted by molar-refractivity contribution is 0.206. The summed E-state index contributed by atoms with van der Waals surface area (Å²) < 4.78 is 5.88. The van der Waals surface area contributed by atoms with Crippen molar-refractivity contribution in [2.75, 3.05) is 11.9 Å². The molecule has 0 aliphatic heterocycles. The molecule has 1 aromatic rings. The predicted molar refractivity (Wildman–Crippen MR) is 75.4 cm³/mol. The van der Waals surface area contributed by atoms with E-state index >= 15 is 0 Å². The number of anilines is 1. The van der Waals surface area contributed by atoms with Gasteiger partial charge in [-0.3, -0.25) is 0 Å². The van der Waals surface area contributed by atoms with Crippen molar-refractivity contribution < 1.29 is 4.74 Å². The lowest BCUT2D eigenvalue weighted by Gasteiger charge is -2.18. The van der Waals surface area contributed by atoms with E-state index < -0.39 is 0 Å². The summed E-state index contributed by atoms with van der Waals surface area (Å²) in [6.07, 6.45) is 1.14. The second kappa shape index (κ2) is 6.57. The Hall–Kier alpha value is -1.32. The minimum atomic E-state index is 0.174. The van der Waals surface area contributed by atoms with E-state index in [4.69, 9.17) is 4.74 Å². The van der Waals surface area contributed by atoms with Crippen LogP contribution in [0.4, 0.5) is 5.82 Å². The first-order valence-corrected chi connectivity index (χ1v) is 6.78. The SMILES string of the molecule is CCNc1nc(C(C)C)nc(OC(C)CC)c1C. The maximum Gasteiger partial charge on any atom is 0.222 e. The van der Waals surface area contributed by atoms with Crippen LogP contribution < -0.4 is 10.1 Å². The predicted octanol–water partition coefficient (Wildman–Crippen LogP) is 3.52.